The van der Waals surface area contributed by atoms with Gasteiger partial charge in [-0.05, 0) is 42.0 Å². The van der Waals surface area contributed by atoms with Gasteiger partial charge < -0.3 is 4.74 Å². The van der Waals surface area contributed by atoms with E-state index in [1.54, 1.807) is 30.4 Å². The number of aromatic nitrogens is 2. The minimum Gasteiger partial charge on any atom is -0.494 e. The number of nitrogens with one attached hydrogen (secondary N) is 1. The maximum atomic E-state index is 13.6. The van der Waals surface area contributed by atoms with Crippen LogP contribution in [0.3, 0.4) is 0 Å². The Morgan fingerprint density at radius 2 is 1.95 bits per heavy atom. The van der Waals surface area contributed by atoms with Crippen LogP contribution >= 0.6 is 0 Å². The molecule has 0 amide bonds. The Labute approximate surface area is 119 Å². The first-order chi connectivity index (χ1) is 10.2. The number of nitrogens with zero attached hydrogens (tertiary/aromatic N) is 1. The fraction of sp³-hybridized carbons (Fsp3) is 0.0625. The van der Waals surface area contributed by atoms with Crippen molar-refractivity contribution < 1.29 is 13.5 Å². The number of methoxy groups -OCH3 is 1. The van der Waals surface area contributed by atoms with Crippen LogP contribution in [0.15, 0.2) is 36.4 Å². The highest BCUT2D eigenvalue weighted by Gasteiger charge is 2.04. The van der Waals surface area contributed by atoms with E-state index in [2.05, 4.69) is 10.2 Å². The quantitative estimate of drug-likeness (QED) is 0.789. The highest BCUT2D eigenvalue weighted by Crippen LogP contribution is 2.21. The molecule has 5 heteroatoms. The molecule has 21 heavy (non-hydrogen) atoms. The third-order valence-corrected chi connectivity index (χ3v) is 3.16. The van der Waals surface area contributed by atoms with Gasteiger partial charge in [0, 0.05) is 5.39 Å². The molecule has 0 saturated carbocycles. The molecule has 1 N–H and O–H groups in total. The SMILES string of the molecule is COc1ccc(/C=C/c2n[nH]c3cc(F)ccc23)cc1F. The lowest BCUT2D eigenvalue weighted by Gasteiger charge is -2.01. The topological polar surface area (TPSA) is 37.9 Å². The van der Waals surface area contributed by atoms with Crippen LogP contribution in [0.4, 0.5) is 8.78 Å². The normalized spacial score (nSPS) is 11.4. The molecule has 0 aliphatic heterocycles. The van der Waals surface area contributed by atoms with E-state index in [9.17, 15) is 8.78 Å². The number of hydrogen-bond donors (Lipinski definition) is 1. The third kappa shape index (κ3) is 2.63. The van der Waals surface area contributed by atoms with Crippen LogP contribution in [0.2, 0.25) is 0 Å². The van der Waals surface area contributed by atoms with Crippen LogP contribution in [0.1, 0.15) is 11.3 Å². The lowest BCUT2D eigenvalue weighted by atomic mass is 10.1. The van der Waals surface area contributed by atoms with Gasteiger partial charge in [0.15, 0.2) is 11.6 Å². The summed E-state index contributed by atoms with van der Waals surface area (Å²) in [6, 6.07) is 9.10. The number of benzene rings is 2. The van der Waals surface area contributed by atoms with Gasteiger partial charge in [-0.1, -0.05) is 12.1 Å². The van der Waals surface area contributed by atoms with E-state index in [1.807, 2.05) is 0 Å². The van der Waals surface area contributed by atoms with E-state index in [-0.39, 0.29) is 11.6 Å². The molecule has 1 heterocycles. The number of hydrogen-bond acceptors (Lipinski definition) is 2. The highest BCUT2D eigenvalue weighted by atomic mass is 19.1. The summed E-state index contributed by atoms with van der Waals surface area (Å²) in [4.78, 5) is 0. The molecule has 106 valence electrons. The molecule has 0 aliphatic rings. The minimum atomic E-state index is -0.423. The summed E-state index contributed by atoms with van der Waals surface area (Å²) in [7, 11) is 1.42. The summed E-state index contributed by atoms with van der Waals surface area (Å²) in [5, 5.41) is 7.68. The number of aromatic amines is 1. The zero-order valence-electron chi connectivity index (χ0n) is 11.2. The Balaban J connectivity index is 1.92. The molecule has 0 spiro atoms. The maximum absolute atomic E-state index is 13.6. The van der Waals surface area contributed by atoms with Crippen molar-refractivity contribution in [2.75, 3.05) is 7.11 Å². The van der Waals surface area contributed by atoms with Crippen molar-refractivity contribution in [1.29, 1.82) is 0 Å². The number of halogens is 2. The smallest absolute Gasteiger partial charge is 0.165 e. The van der Waals surface area contributed by atoms with Crippen molar-refractivity contribution in [1.82, 2.24) is 10.2 Å². The average Bonchev–Trinajstić information content (AvgIpc) is 2.87. The van der Waals surface area contributed by atoms with Gasteiger partial charge in [-0.2, -0.15) is 5.10 Å². The van der Waals surface area contributed by atoms with Crippen LogP contribution < -0.4 is 4.74 Å². The Bertz CT molecular complexity index is 824. The molecular weight excluding hydrogens is 274 g/mol. The number of fused-ring (bicyclic) bond motifs is 1. The van der Waals surface area contributed by atoms with E-state index < -0.39 is 5.82 Å². The Hall–Kier alpha value is -2.69. The van der Waals surface area contributed by atoms with Gasteiger partial charge in [-0.25, -0.2) is 8.78 Å². The fourth-order valence-electron chi connectivity index (χ4n) is 2.10. The summed E-state index contributed by atoms with van der Waals surface area (Å²) in [5.41, 5.74) is 1.98. The molecule has 3 aromatic rings. The first-order valence-electron chi connectivity index (χ1n) is 6.32. The summed E-state index contributed by atoms with van der Waals surface area (Å²) in [6.45, 7) is 0. The van der Waals surface area contributed by atoms with Gasteiger partial charge in [0.2, 0.25) is 0 Å². The van der Waals surface area contributed by atoms with Gasteiger partial charge in [0.1, 0.15) is 5.82 Å². The largest absolute Gasteiger partial charge is 0.494 e. The van der Waals surface area contributed by atoms with Gasteiger partial charge in [-0.3, -0.25) is 5.10 Å². The average molecular weight is 286 g/mol. The molecular formula is C16H12F2N2O. The summed E-state index contributed by atoms with van der Waals surface area (Å²) >= 11 is 0. The van der Waals surface area contributed by atoms with Crippen LogP contribution in [-0.2, 0) is 0 Å². The van der Waals surface area contributed by atoms with Gasteiger partial charge in [0.05, 0.1) is 18.3 Å². The monoisotopic (exact) mass is 286 g/mol. The maximum Gasteiger partial charge on any atom is 0.165 e. The van der Waals surface area contributed by atoms with E-state index in [0.717, 1.165) is 5.39 Å². The predicted octanol–water partition coefficient (Wildman–Crippen LogP) is 4.02. The van der Waals surface area contributed by atoms with E-state index in [1.165, 1.54) is 25.3 Å². The molecule has 0 aliphatic carbocycles. The minimum absolute atomic E-state index is 0.202. The second-order valence-electron chi connectivity index (χ2n) is 4.53. The van der Waals surface area contributed by atoms with E-state index in [0.29, 0.717) is 16.8 Å². The zero-order valence-corrected chi connectivity index (χ0v) is 11.2. The van der Waals surface area contributed by atoms with Crippen LogP contribution in [0.5, 0.6) is 5.75 Å². The van der Waals surface area contributed by atoms with E-state index in [4.69, 9.17) is 4.74 Å². The summed E-state index contributed by atoms with van der Waals surface area (Å²) < 4.78 is 31.6. The summed E-state index contributed by atoms with van der Waals surface area (Å²) in [6.07, 6.45) is 3.49. The lowest BCUT2D eigenvalue weighted by Crippen LogP contribution is -1.87. The van der Waals surface area contributed by atoms with Crippen LogP contribution in [0.25, 0.3) is 23.1 Å². The third-order valence-electron chi connectivity index (χ3n) is 3.16. The molecule has 0 saturated heterocycles. The number of ether oxygens (including phenoxy) is 1. The zero-order chi connectivity index (χ0) is 14.8. The molecule has 0 atom stereocenters. The first-order valence-corrected chi connectivity index (χ1v) is 6.32. The van der Waals surface area contributed by atoms with Gasteiger partial charge >= 0.3 is 0 Å². The fourth-order valence-corrected chi connectivity index (χ4v) is 2.10. The molecule has 0 unspecified atom stereocenters. The van der Waals surface area contributed by atoms with Crippen molar-refractivity contribution in [2.45, 2.75) is 0 Å². The van der Waals surface area contributed by atoms with Crippen LogP contribution in [0, 0.1) is 11.6 Å². The second-order valence-corrected chi connectivity index (χ2v) is 4.53. The van der Waals surface area contributed by atoms with Gasteiger partial charge in [-0.15, -0.1) is 0 Å². The number of rotatable bonds is 3. The molecule has 3 nitrogen and oxygen atoms in total. The Morgan fingerprint density at radius 3 is 2.71 bits per heavy atom. The second kappa shape index (κ2) is 5.36. The van der Waals surface area contributed by atoms with Crippen molar-refractivity contribution in [2.24, 2.45) is 0 Å². The Kier molecular flexibility index (Phi) is 3.39. The highest BCUT2D eigenvalue weighted by molar-refractivity contribution is 5.89. The standard InChI is InChI=1S/C16H12F2N2O/c1-21-16-7-3-10(8-13(16)18)2-6-14-12-5-4-11(17)9-15(12)20-19-14/h2-9H,1H3,(H,19,20)/b6-2+. The van der Waals surface area contributed by atoms with Crippen molar-refractivity contribution in [3.8, 4) is 5.75 Å². The molecule has 2 aromatic carbocycles. The lowest BCUT2D eigenvalue weighted by molar-refractivity contribution is 0.386. The Morgan fingerprint density at radius 1 is 1.10 bits per heavy atom. The summed E-state index contributed by atoms with van der Waals surface area (Å²) in [5.74, 6) is -0.541. The van der Waals surface area contributed by atoms with Crippen LogP contribution in [-0.4, -0.2) is 17.3 Å². The van der Waals surface area contributed by atoms with Crippen molar-refractivity contribution in [3.63, 3.8) is 0 Å². The molecule has 0 radical (unpaired) electrons. The molecule has 3 rings (SSSR count). The predicted molar refractivity (Wildman–Crippen MR) is 77.9 cm³/mol. The van der Waals surface area contributed by atoms with Crippen molar-refractivity contribution >= 4 is 23.1 Å². The molecule has 0 bridgehead atoms. The molecule has 1 aromatic heterocycles. The van der Waals surface area contributed by atoms with Gasteiger partial charge in [0.25, 0.3) is 0 Å². The molecule has 0 fully saturated rings. The van der Waals surface area contributed by atoms with E-state index >= 15 is 0 Å². The first kappa shape index (κ1) is 13.3. The van der Waals surface area contributed by atoms with Crippen molar-refractivity contribution in [3.05, 3.63) is 59.3 Å². The number of H-pyrrole nitrogens is 1.